The Morgan fingerprint density at radius 2 is 1.53 bits per heavy atom. The second-order valence-corrected chi connectivity index (χ2v) is 10.4. The predicted octanol–water partition coefficient (Wildman–Crippen LogP) is 3.24. The molecule has 0 fully saturated rings. The van der Waals surface area contributed by atoms with E-state index in [1.165, 1.54) is 6.92 Å². The molecule has 0 bridgehead atoms. The number of aliphatic hydroxyl groups excluding tert-OH is 2. The molecule has 0 aliphatic heterocycles. The maximum Gasteiger partial charge on any atom is 0.408 e. The zero-order valence-electron chi connectivity index (χ0n) is 20.8. The van der Waals surface area contributed by atoms with Crippen LogP contribution in [0.2, 0.25) is 0 Å². The maximum absolute atomic E-state index is 12.3. The number of amides is 1. The fraction of sp³-hybridized carbons (Fsp3) is 0.519. The van der Waals surface area contributed by atoms with E-state index in [9.17, 15) is 20.1 Å². The summed E-state index contributed by atoms with van der Waals surface area (Å²) in [6, 6.07) is 18.6. The second-order valence-electron chi connectivity index (χ2n) is 10.4. The Kier molecular flexibility index (Phi) is 10.1. The highest BCUT2D eigenvalue weighted by atomic mass is 16.4. The second kappa shape index (κ2) is 12.3. The average molecular weight is 472 g/mol. The summed E-state index contributed by atoms with van der Waals surface area (Å²) in [6.45, 7) is 8.38. The first-order valence-electron chi connectivity index (χ1n) is 11.9. The molecule has 0 aromatic heterocycles. The van der Waals surface area contributed by atoms with Gasteiger partial charge in [0, 0.05) is 12.5 Å². The molecular formula is C27H41N3O4. The van der Waals surface area contributed by atoms with Crippen LogP contribution in [0.1, 0.15) is 45.2 Å². The molecule has 2 rings (SSSR count). The molecule has 4 unspecified atom stereocenters. The molecule has 0 saturated heterocycles. The van der Waals surface area contributed by atoms with E-state index in [4.69, 9.17) is 5.73 Å². The summed E-state index contributed by atoms with van der Waals surface area (Å²) in [5.74, 6) is 0. The van der Waals surface area contributed by atoms with E-state index < -0.39 is 24.0 Å². The van der Waals surface area contributed by atoms with Crippen LogP contribution < -0.4 is 11.1 Å². The Morgan fingerprint density at radius 3 is 2.00 bits per heavy atom. The summed E-state index contributed by atoms with van der Waals surface area (Å²) in [5.41, 5.74) is 6.90. The van der Waals surface area contributed by atoms with Crippen LogP contribution in [0, 0.1) is 5.41 Å². The summed E-state index contributed by atoms with van der Waals surface area (Å²) in [7, 11) is 0. The first-order chi connectivity index (χ1) is 15.9. The monoisotopic (exact) mass is 471 g/mol. The number of nitrogens with one attached hydrogen (secondary N) is 1. The van der Waals surface area contributed by atoms with E-state index in [0.717, 1.165) is 22.4 Å². The van der Waals surface area contributed by atoms with Crippen molar-refractivity contribution in [1.82, 2.24) is 10.2 Å². The van der Waals surface area contributed by atoms with E-state index in [1.807, 2.05) is 60.7 Å². The lowest BCUT2D eigenvalue weighted by Gasteiger charge is -2.43. The van der Waals surface area contributed by atoms with Gasteiger partial charge in [0.1, 0.15) is 5.66 Å². The van der Waals surface area contributed by atoms with Crippen LogP contribution in [0.4, 0.5) is 4.79 Å². The molecule has 4 atom stereocenters. The summed E-state index contributed by atoms with van der Waals surface area (Å²) in [5, 5.41) is 35.2. The van der Waals surface area contributed by atoms with Gasteiger partial charge in [0.25, 0.3) is 0 Å². The van der Waals surface area contributed by atoms with Gasteiger partial charge in [-0.2, -0.15) is 0 Å². The third-order valence-corrected chi connectivity index (χ3v) is 6.20. The van der Waals surface area contributed by atoms with Crippen LogP contribution in [0.25, 0.3) is 0 Å². The number of carboxylic acid groups (broad SMARTS) is 1. The fourth-order valence-corrected chi connectivity index (χ4v) is 3.98. The van der Waals surface area contributed by atoms with Crippen molar-refractivity contribution in [2.45, 2.75) is 70.9 Å². The van der Waals surface area contributed by atoms with Gasteiger partial charge in [0.15, 0.2) is 0 Å². The van der Waals surface area contributed by atoms with Gasteiger partial charge in [0.2, 0.25) is 0 Å². The minimum absolute atomic E-state index is 0.116. The standard InChI is InChI=1S/C27H41N3O4/c1-20(31)27(28,18-22-13-9-6-10-14-22)30(25(33)34)19-24(32)23(29-16-15-26(2,3)4)17-21-11-7-5-8-12-21/h5-14,20,23-24,29,31-32H,15-19,28H2,1-4H3,(H,33,34). The lowest BCUT2D eigenvalue weighted by molar-refractivity contribution is -0.0342. The maximum atomic E-state index is 12.3. The highest BCUT2D eigenvalue weighted by molar-refractivity contribution is 5.66. The van der Waals surface area contributed by atoms with Crippen molar-refractivity contribution in [2.75, 3.05) is 13.1 Å². The van der Waals surface area contributed by atoms with Crippen molar-refractivity contribution in [2.24, 2.45) is 11.1 Å². The van der Waals surface area contributed by atoms with Crippen molar-refractivity contribution in [1.29, 1.82) is 0 Å². The van der Waals surface area contributed by atoms with E-state index in [1.54, 1.807) is 0 Å². The number of aliphatic hydroxyl groups is 2. The highest BCUT2D eigenvalue weighted by Crippen LogP contribution is 2.23. The number of carbonyl (C=O) groups is 1. The van der Waals surface area contributed by atoms with Crippen molar-refractivity contribution >= 4 is 6.09 Å². The first kappa shape index (κ1) is 27.8. The van der Waals surface area contributed by atoms with Gasteiger partial charge in [-0.05, 0) is 42.9 Å². The van der Waals surface area contributed by atoms with Gasteiger partial charge in [-0.1, -0.05) is 81.4 Å². The molecule has 6 N–H and O–H groups in total. The normalized spacial score (nSPS) is 16.3. The molecule has 0 radical (unpaired) electrons. The van der Waals surface area contributed by atoms with Gasteiger partial charge < -0.3 is 26.4 Å². The molecule has 0 saturated carbocycles. The fourth-order valence-electron chi connectivity index (χ4n) is 3.98. The summed E-state index contributed by atoms with van der Waals surface area (Å²) < 4.78 is 0. The minimum Gasteiger partial charge on any atom is -0.465 e. The predicted molar refractivity (Wildman–Crippen MR) is 135 cm³/mol. The molecule has 1 amide bonds. The Labute approximate surface area is 203 Å². The topological polar surface area (TPSA) is 119 Å². The lowest BCUT2D eigenvalue weighted by Crippen LogP contribution is -2.67. The van der Waals surface area contributed by atoms with E-state index in [2.05, 4.69) is 26.1 Å². The minimum atomic E-state index is -1.60. The first-order valence-corrected chi connectivity index (χ1v) is 11.9. The third-order valence-electron chi connectivity index (χ3n) is 6.20. The van der Waals surface area contributed by atoms with Crippen LogP contribution in [0.15, 0.2) is 60.7 Å². The number of nitrogens with zero attached hydrogens (tertiary/aromatic N) is 1. The summed E-state index contributed by atoms with van der Waals surface area (Å²) >= 11 is 0. The molecule has 0 aliphatic carbocycles. The number of hydrogen-bond acceptors (Lipinski definition) is 5. The van der Waals surface area contributed by atoms with Crippen LogP contribution >= 0.6 is 0 Å². The Morgan fingerprint density at radius 1 is 1.00 bits per heavy atom. The molecule has 2 aromatic rings. The zero-order valence-corrected chi connectivity index (χ0v) is 20.8. The summed E-state index contributed by atoms with van der Waals surface area (Å²) in [4.78, 5) is 13.3. The average Bonchev–Trinajstić information content (AvgIpc) is 2.76. The van der Waals surface area contributed by atoms with Crippen molar-refractivity contribution in [3.8, 4) is 0 Å². The lowest BCUT2D eigenvalue weighted by atomic mass is 9.91. The quantitative estimate of drug-likeness (QED) is 0.303. The number of hydrogen-bond donors (Lipinski definition) is 5. The van der Waals surface area contributed by atoms with Gasteiger partial charge >= 0.3 is 6.09 Å². The molecule has 0 heterocycles. The molecule has 188 valence electrons. The van der Waals surface area contributed by atoms with Crippen LogP contribution in [0.5, 0.6) is 0 Å². The molecule has 0 spiro atoms. The molecule has 7 nitrogen and oxygen atoms in total. The van der Waals surface area contributed by atoms with Gasteiger partial charge in [-0.3, -0.25) is 4.90 Å². The largest absolute Gasteiger partial charge is 0.465 e. The smallest absolute Gasteiger partial charge is 0.408 e. The highest BCUT2D eigenvalue weighted by Gasteiger charge is 2.42. The molecule has 7 heteroatoms. The number of nitrogens with two attached hydrogens (primary N) is 1. The number of rotatable bonds is 12. The summed E-state index contributed by atoms with van der Waals surface area (Å²) in [6.07, 6.45) is -1.93. The van der Waals surface area contributed by atoms with E-state index in [0.29, 0.717) is 13.0 Å². The van der Waals surface area contributed by atoms with Gasteiger partial charge in [-0.15, -0.1) is 0 Å². The van der Waals surface area contributed by atoms with Crippen molar-refractivity contribution < 1.29 is 20.1 Å². The third kappa shape index (κ3) is 8.40. The van der Waals surface area contributed by atoms with Crippen LogP contribution in [-0.4, -0.2) is 63.3 Å². The van der Waals surface area contributed by atoms with Crippen molar-refractivity contribution in [3.63, 3.8) is 0 Å². The number of benzene rings is 2. The molecule has 34 heavy (non-hydrogen) atoms. The van der Waals surface area contributed by atoms with Gasteiger partial charge in [-0.25, -0.2) is 4.79 Å². The van der Waals surface area contributed by atoms with E-state index in [-0.39, 0.29) is 24.4 Å². The van der Waals surface area contributed by atoms with Crippen LogP contribution in [0.3, 0.4) is 0 Å². The molecule has 0 aliphatic rings. The van der Waals surface area contributed by atoms with Crippen LogP contribution in [-0.2, 0) is 12.8 Å². The molecule has 2 aromatic carbocycles. The Hall–Kier alpha value is -2.45. The van der Waals surface area contributed by atoms with E-state index >= 15 is 0 Å². The Balaban J connectivity index is 2.25. The SMILES string of the molecule is CC(O)C(N)(Cc1ccccc1)N(CC(O)C(Cc1ccccc1)NCCC(C)(C)C)C(=O)O. The van der Waals surface area contributed by atoms with Gasteiger partial charge in [0.05, 0.1) is 18.8 Å². The molecular weight excluding hydrogens is 430 g/mol. The van der Waals surface area contributed by atoms with Crippen molar-refractivity contribution in [3.05, 3.63) is 71.8 Å². The zero-order chi connectivity index (χ0) is 25.4. The Bertz CT molecular complexity index is 870.